The second kappa shape index (κ2) is 4.92. The topological polar surface area (TPSA) is 94.4 Å². The number of ketones is 1. The Hall–Kier alpha value is -1.14. The van der Waals surface area contributed by atoms with Crippen LogP contribution in [-0.2, 0) is 0 Å². The minimum absolute atomic E-state index is 0. The zero-order valence-corrected chi connectivity index (χ0v) is 9.41. The third-order valence-electron chi connectivity index (χ3n) is 1.33. The summed E-state index contributed by atoms with van der Waals surface area (Å²) in [5.41, 5.74) is 11.0. The van der Waals surface area contributed by atoms with Gasteiger partial charge in [0.2, 0.25) is 5.13 Å². The minimum Gasteiger partial charge on any atom is -0.370 e. The number of carbonyl (C=O) groups is 1. The number of rotatable bonds is 2. The van der Waals surface area contributed by atoms with Gasteiger partial charge in [-0.1, -0.05) is 11.3 Å². The number of thiazole rings is 1. The van der Waals surface area contributed by atoms with Crippen LogP contribution in [0.25, 0.3) is 0 Å². The van der Waals surface area contributed by atoms with Gasteiger partial charge in [-0.25, -0.2) is 4.98 Å². The summed E-state index contributed by atoms with van der Waals surface area (Å²) in [4.78, 5) is 19.4. The number of carbonyl (C=O) groups excluding carboxylic acids is 1. The maximum Gasteiger partial charge on any atom is 0.213 e. The second-order valence-electron chi connectivity index (χ2n) is 2.50. The molecule has 7 heteroatoms. The van der Waals surface area contributed by atoms with Crippen LogP contribution in [0.3, 0.4) is 0 Å². The smallest absolute Gasteiger partial charge is 0.213 e. The van der Waals surface area contributed by atoms with Crippen LogP contribution >= 0.6 is 23.7 Å². The fourth-order valence-corrected chi connectivity index (χ4v) is 1.72. The third-order valence-corrected chi connectivity index (χ3v) is 2.48. The largest absolute Gasteiger partial charge is 0.370 e. The van der Waals surface area contributed by atoms with Gasteiger partial charge in [-0.3, -0.25) is 4.79 Å². The van der Waals surface area contributed by atoms with Crippen LogP contribution in [0.1, 0.15) is 22.3 Å². The molecule has 0 unspecified atom stereocenters. The highest BCUT2D eigenvalue weighted by Crippen LogP contribution is 2.24. The van der Waals surface area contributed by atoms with E-state index < -0.39 is 0 Å². The van der Waals surface area contributed by atoms with E-state index in [4.69, 9.17) is 11.5 Å². The predicted molar refractivity (Wildman–Crippen MR) is 59.6 cm³/mol. The van der Waals surface area contributed by atoms with Crippen molar-refractivity contribution in [3.05, 3.63) is 10.6 Å². The second-order valence-corrected chi connectivity index (χ2v) is 3.48. The van der Waals surface area contributed by atoms with Crippen molar-refractivity contribution in [2.45, 2.75) is 13.8 Å². The molecule has 0 aliphatic carbocycles. The van der Waals surface area contributed by atoms with Gasteiger partial charge in [0.05, 0.1) is 10.6 Å². The highest BCUT2D eigenvalue weighted by Gasteiger charge is 2.10. The molecule has 0 spiro atoms. The van der Waals surface area contributed by atoms with Crippen molar-refractivity contribution in [2.24, 2.45) is 16.5 Å². The molecular weight excluding hydrogens is 224 g/mol. The molecule has 0 amide bonds. The SMILES string of the molecule is CC(=O)c1sc(N=C(N)N)nc1C.Cl. The molecule has 14 heavy (non-hydrogen) atoms. The van der Waals surface area contributed by atoms with E-state index in [1.165, 1.54) is 18.3 Å². The summed E-state index contributed by atoms with van der Waals surface area (Å²) in [5.74, 6) is -0.0732. The lowest BCUT2D eigenvalue weighted by atomic mass is 10.3. The first-order valence-electron chi connectivity index (χ1n) is 3.58. The Balaban J connectivity index is 0.00000169. The normalized spacial score (nSPS) is 9.00. The number of hydrogen-bond donors (Lipinski definition) is 2. The molecule has 0 aliphatic heterocycles. The number of guanidine groups is 1. The summed E-state index contributed by atoms with van der Waals surface area (Å²) < 4.78 is 0. The summed E-state index contributed by atoms with van der Waals surface area (Å²) in [6, 6.07) is 0. The summed E-state index contributed by atoms with van der Waals surface area (Å²) >= 11 is 1.19. The molecule has 1 rings (SSSR count). The molecule has 0 fully saturated rings. The number of nitrogens with zero attached hydrogens (tertiary/aromatic N) is 2. The molecule has 1 heterocycles. The molecule has 0 atom stereocenters. The molecule has 0 aromatic carbocycles. The molecule has 0 saturated carbocycles. The van der Waals surface area contributed by atoms with Crippen LogP contribution in [0.4, 0.5) is 5.13 Å². The summed E-state index contributed by atoms with van der Waals surface area (Å²) in [7, 11) is 0. The highest BCUT2D eigenvalue weighted by atomic mass is 35.5. The lowest BCUT2D eigenvalue weighted by molar-refractivity contribution is 0.102. The van der Waals surface area contributed by atoms with Gasteiger partial charge in [-0.05, 0) is 6.92 Å². The molecule has 0 aliphatic rings. The monoisotopic (exact) mass is 234 g/mol. The fraction of sp³-hybridized carbons (Fsp3) is 0.286. The number of nitrogens with two attached hydrogens (primary N) is 2. The molecule has 5 nitrogen and oxygen atoms in total. The van der Waals surface area contributed by atoms with E-state index in [2.05, 4.69) is 9.98 Å². The number of aryl methyl sites for hydroxylation is 1. The van der Waals surface area contributed by atoms with Gasteiger partial charge in [-0.2, -0.15) is 4.99 Å². The Morgan fingerprint density at radius 3 is 2.43 bits per heavy atom. The van der Waals surface area contributed by atoms with Crippen LogP contribution in [0.2, 0.25) is 0 Å². The average Bonchev–Trinajstić information content (AvgIpc) is 2.29. The Labute approximate surface area is 91.6 Å². The summed E-state index contributed by atoms with van der Waals surface area (Å²) in [6.45, 7) is 3.23. The lowest BCUT2D eigenvalue weighted by Crippen LogP contribution is -2.21. The number of Topliss-reactive ketones (excluding diaryl/α,β-unsaturated/α-hetero) is 1. The van der Waals surface area contributed by atoms with E-state index in [9.17, 15) is 4.79 Å². The zero-order valence-electron chi connectivity index (χ0n) is 7.77. The van der Waals surface area contributed by atoms with Crippen LogP contribution in [-0.4, -0.2) is 16.7 Å². The number of halogens is 1. The van der Waals surface area contributed by atoms with Crippen LogP contribution < -0.4 is 11.5 Å². The van der Waals surface area contributed by atoms with Crippen LogP contribution in [0.15, 0.2) is 4.99 Å². The van der Waals surface area contributed by atoms with Crippen LogP contribution in [0, 0.1) is 6.92 Å². The van der Waals surface area contributed by atoms with E-state index in [1.807, 2.05) is 0 Å². The standard InChI is InChI=1S/C7H10N4OS.ClH/c1-3-5(4(2)12)13-7(10-3)11-6(8)9;/h1-2H3,(H4,8,9,10,11);1H. The van der Waals surface area contributed by atoms with E-state index >= 15 is 0 Å². The van der Waals surface area contributed by atoms with Crippen molar-refractivity contribution in [3.63, 3.8) is 0 Å². The summed E-state index contributed by atoms with van der Waals surface area (Å²) in [6.07, 6.45) is 0. The molecule has 0 radical (unpaired) electrons. The fourth-order valence-electron chi connectivity index (χ4n) is 0.867. The Morgan fingerprint density at radius 1 is 1.50 bits per heavy atom. The molecular formula is C7H11ClN4OS. The average molecular weight is 235 g/mol. The van der Waals surface area contributed by atoms with Crippen molar-refractivity contribution in [3.8, 4) is 0 Å². The van der Waals surface area contributed by atoms with Gasteiger partial charge < -0.3 is 11.5 Å². The maximum atomic E-state index is 11.0. The first-order valence-corrected chi connectivity index (χ1v) is 4.40. The first kappa shape index (κ1) is 12.9. The van der Waals surface area contributed by atoms with E-state index in [-0.39, 0.29) is 24.1 Å². The predicted octanol–water partition coefficient (Wildman–Crippen LogP) is 0.981. The van der Waals surface area contributed by atoms with Gasteiger partial charge in [-0.15, -0.1) is 12.4 Å². The minimum atomic E-state index is -0.0520. The number of aromatic nitrogens is 1. The van der Waals surface area contributed by atoms with Gasteiger partial charge in [0.25, 0.3) is 0 Å². The third kappa shape index (κ3) is 2.97. The van der Waals surface area contributed by atoms with E-state index in [1.54, 1.807) is 6.92 Å². The quantitative estimate of drug-likeness (QED) is 0.453. The Kier molecular flexibility index (Phi) is 4.52. The van der Waals surface area contributed by atoms with Crippen molar-refractivity contribution in [1.29, 1.82) is 0 Å². The van der Waals surface area contributed by atoms with Crippen molar-refractivity contribution < 1.29 is 4.79 Å². The number of aliphatic imine (C=N–C) groups is 1. The van der Waals surface area contributed by atoms with Gasteiger partial charge >= 0.3 is 0 Å². The van der Waals surface area contributed by atoms with Gasteiger partial charge in [0.1, 0.15) is 0 Å². The van der Waals surface area contributed by atoms with Crippen molar-refractivity contribution >= 4 is 40.6 Å². The maximum absolute atomic E-state index is 11.0. The molecule has 0 bridgehead atoms. The molecule has 0 saturated heterocycles. The molecule has 1 aromatic heterocycles. The molecule has 1 aromatic rings. The zero-order chi connectivity index (χ0) is 10.0. The summed E-state index contributed by atoms with van der Waals surface area (Å²) in [5, 5.41) is 0.419. The Bertz CT molecular complexity index is 370. The highest BCUT2D eigenvalue weighted by molar-refractivity contribution is 7.17. The van der Waals surface area contributed by atoms with Crippen LogP contribution in [0.5, 0.6) is 0 Å². The van der Waals surface area contributed by atoms with E-state index in [0.29, 0.717) is 15.7 Å². The number of hydrogen-bond acceptors (Lipinski definition) is 4. The Morgan fingerprint density at radius 2 is 2.07 bits per heavy atom. The van der Waals surface area contributed by atoms with Gasteiger partial charge in [0, 0.05) is 6.92 Å². The molecule has 78 valence electrons. The first-order chi connectivity index (χ1) is 6.00. The van der Waals surface area contributed by atoms with Crippen molar-refractivity contribution in [1.82, 2.24) is 4.98 Å². The van der Waals surface area contributed by atoms with Gasteiger partial charge in [0.15, 0.2) is 11.7 Å². The lowest BCUT2D eigenvalue weighted by Gasteiger charge is -1.85. The molecule has 4 N–H and O–H groups in total. The van der Waals surface area contributed by atoms with Crippen molar-refractivity contribution in [2.75, 3.05) is 0 Å². The van der Waals surface area contributed by atoms with E-state index in [0.717, 1.165) is 0 Å².